The summed E-state index contributed by atoms with van der Waals surface area (Å²) >= 11 is 3.33. The van der Waals surface area contributed by atoms with E-state index in [0.29, 0.717) is 10.6 Å². The van der Waals surface area contributed by atoms with Gasteiger partial charge in [0.25, 0.3) is 0 Å². The minimum Gasteiger partial charge on any atom is -0.457 e. The monoisotopic (exact) mass is 286 g/mol. The molecule has 1 unspecified atom stereocenters. The zero-order chi connectivity index (χ0) is 11.5. The van der Waals surface area contributed by atoms with Crippen molar-refractivity contribution >= 4 is 15.9 Å². The lowest BCUT2D eigenvalue weighted by atomic mass is 9.77. The molecule has 1 N–H and O–H groups in total. The van der Waals surface area contributed by atoms with Crippen LogP contribution in [0.2, 0.25) is 0 Å². The predicted octanol–water partition coefficient (Wildman–Crippen LogP) is 4.29. The molecule has 0 saturated heterocycles. The number of furan rings is 1. The first-order valence-corrected chi connectivity index (χ1v) is 6.92. The van der Waals surface area contributed by atoms with E-state index >= 15 is 0 Å². The lowest BCUT2D eigenvalue weighted by molar-refractivity contribution is 0.0717. The third kappa shape index (κ3) is 2.51. The molecule has 2 nitrogen and oxygen atoms in total. The van der Waals surface area contributed by atoms with Crippen LogP contribution in [0.3, 0.4) is 0 Å². The first kappa shape index (κ1) is 12.2. The van der Waals surface area contributed by atoms with Gasteiger partial charge in [-0.2, -0.15) is 0 Å². The predicted molar refractivity (Wildman–Crippen MR) is 67.1 cm³/mol. The summed E-state index contributed by atoms with van der Waals surface area (Å²) in [6, 6.07) is 1.86. The lowest BCUT2D eigenvalue weighted by Gasteiger charge is -2.30. The van der Waals surface area contributed by atoms with Crippen molar-refractivity contribution in [2.24, 2.45) is 11.8 Å². The molecule has 1 fully saturated rings. The molecule has 16 heavy (non-hydrogen) atoms. The molecule has 1 aliphatic rings. The Morgan fingerprint density at radius 3 is 2.62 bits per heavy atom. The van der Waals surface area contributed by atoms with E-state index in [-0.39, 0.29) is 6.10 Å². The van der Waals surface area contributed by atoms with Crippen LogP contribution in [0, 0.1) is 11.8 Å². The highest BCUT2D eigenvalue weighted by Gasteiger charge is 2.28. The van der Waals surface area contributed by atoms with Crippen molar-refractivity contribution in [1.82, 2.24) is 0 Å². The highest BCUT2D eigenvalue weighted by molar-refractivity contribution is 9.10. The average molecular weight is 287 g/mol. The van der Waals surface area contributed by atoms with E-state index in [4.69, 9.17) is 4.42 Å². The van der Waals surface area contributed by atoms with Gasteiger partial charge in [0.15, 0.2) is 4.67 Å². The highest BCUT2D eigenvalue weighted by atomic mass is 79.9. The summed E-state index contributed by atoms with van der Waals surface area (Å²) in [5, 5.41) is 10.3. The Balaban J connectivity index is 1.97. The van der Waals surface area contributed by atoms with Crippen molar-refractivity contribution in [2.45, 2.75) is 45.1 Å². The quantitative estimate of drug-likeness (QED) is 0.899. The molecule has 0 spiro atoms. The molecule has 3 heteroatoms. The molecule has 0 aliphatic heterocycles. The third-order valence-corrected chi connectivity index (χ3v) is 4.52. The van der Waals surface area contributed by atoms with E-state index in [1.54, 1.807) is 6.26 Å². The molecule has 1 aromatic rings. The van der Waals surface area contributed by atoms with Gasteiger partial charge in [0.1, 0.15) is 0 Å². The van der Waals surface area contributed by atoms with Crippen LogP contribution < -0.4 is 0 Å². The normalized spacial score (nSPS) is 27.9. The molecule has 1 aliphatic carbocycles. The maximum Gasteiger partial charge on any atom is 0.174 e. The Hall–Kier alpha value is -0.280. The number of aliphatic hydroxyl groups is 1. The summed E-state index contributed by atoms with van der Waals surface area (Å²) in [5.41, 5.74) is 0.903. The number of rotatable bonds is 3. The first-order valence-electron chi connectivity index (χ1n) is 6.13. The summed E-state index contributed by atoms with van der Waals surface area (Å²) in [7, 11) is 0. The molecule has 0 radical (unpaired) electrons. The van der Waals surface area contributed by atoms with Gasteiger partial charge in [0.2, 0.25) is 0 Å². The second-order valence-electron chi connectivity index (χ2n) is 4.78. The van der Waals surface area contributed by atoms with Crippen LogP contribution in [-0.4, -0.2) is 5.11 Å². The van der Waals surface area contributed by atoms with E-state index < -0.39 is 0 Å². The fourth-order valence-corrected chi connectivity index (χ4v) is 3.16. The molecule has 0 bridgehead atoms. The Morgan fingerprint density at radius 2 is 2.12 bits per heavy atom. The standard InChI is InChI=1S/C13H19BrO2/c1-2-9-3-5-10(6-4-9)12(15)11-7-8-16-13(11)14/h7-10,12,15H,2-6H2,1H3. The summed E-state index contributed by atoms with van der Waals surface area (Å²) < 4.78 is 5.85. The topological polar surface area (TPSA) is 33.4 Å². The Bertz CT molecular complexity index is 326. The van der Waals surface area contributed by atoms with Crippen LogP contribution in [0.4, 0.5) is 0 Å². The van der Waals surface area contributed by atoms with Gasteiger partial charge < -0.3 is 9.52 Å². The summed E-state index contributed by atoms with van der Waals surface area (Å²) in [6.45, 7) is 2.26. The van der Waals surface area contributed by atoms with Crippen molar-refractivity contribution < 1.29 is 9.52 Å². The second-order valence-corrected chi connectivity index (χ2v) is 5.50. The Labute approximate surface area is 105 Å². The van der Waals surface area contributed by atoms with Gasteiger partial charge in [0.05, 0.1) is 12.4 Å². The van der Waals surface area contributed by atoms with Gasteiger partial charge in [0, 0.05) is 5.56 Å². The minimum absolute atomic E-state index is 0.370. The fourth-order valence-electron chi connectivity index (χ4n) is 2.68. The average Bonchev–Trinajstić information content (AvgIpc) is 2.75. The zero-order valence-electron chi connectivity index (χ0n) is 9.66. The zero-order valence-corrected chi connectivity index (χ0v) is 11.2. The summed E-state index contributed by atoms with van der Waals surface area (Å²) in [6.07, 6.45) is 7.32. The molecular weight excluding hydrogens is 268 g/mol. The molecule has 90 valence electrons. The van der Waals surface area contributed by atoms with Crippen LogP contribution in [-0.2, 0) is 0 Å². The van der Waals surface area contributed by atoms with Crippen molar-refractivity contribution in [2.75, 3.05) is 0 Å². The minimum atomic E-state index is -0.370. The number of halogens is 1. The second kappa shape index (κ2) is 5.37. The van der Waals surface area contributed by atoms with Crippen LogP contribution in [0.25, 0.3) is 0 Å². The fraction of sp³-hybridized carbons (Fsp3) is 0.692. The molecule has 1 atom stereocenters. The first-order chi connectivity index (χ1) is 7.72. The number of aliphatic hydroxyl groups excluding tert-OH is 1. The van der Waals surface area contributed by atoms with E-state index in [0.717, 1.165) is 24.3 Å². The maximum absolute atomic E-state index is 10.3. The SMILES string of the molecule is CCC1CCC(C(O)c2ccoc2Br)CC1. The van der Waals surface area contributed by atoms with Crippen molar-refractivity contribution in [1.29, 1.82) is 0 Å². The molecule has 1 saturated carbocycles. The third-order valence-electron chi connectivity index (χ3n) is 3.88. The largest absolute Gasteiger partial charge is 0.457 e. The number of hydrogen-bond acceptors (Lipinski definition) is 2. The van der Waals surface area contributed by atoms with Gasteiger partial charge in [-0.05, 0) is 46.7 Å². The molecular formula is C13H19BrO2. The van der Waals surface area contributed by atoms with Gasteiger partial charge in [-0.1, -0.05) is 26.2 Å². The van der Waals surface area contributed by atoms with Crippen LogP contribution in [0.1, 0.15) is 50.7 Å². The molecule has 1 heterocycles. The van der Waals surface area contributed by atoms with Gasteiger partial charge >= 0.3 is 0 Å². The van der Waals surface area contributed by atoms with Crippen LogP contribution in [0.5, 0.6) is 0 Å². The Morgan fingerprint density at radius 1 is 1.44 bits per heavy atom. The number of hydrogen-bond donors (Lipinski definition) is 1. The molecule has 0 aromatic carbocycles. The van der Waals surface area contributed by atoms with E-state index in [2.05, 4.69) is 22.9 Å². The highest BCUT2D eigenvalue weighted by Crippen LogP contribution is 2.39. The molecule has 2 rings (SSSR count). The summed E-state index contributed by atoms with van der Waals surface area (Å²) in [5.74, 6) is 1.27. The van der Waals surface area contributed by atoms with Crippen LogP contribution in [0.15, 0.2) is 21.4 Å². The van der Waals surface area contributed by atoms with Crippen molar-refractivity contribution in [3.05, 3.63) is 22.6 Å². The molecule has 1 aromatic heterocycles. The van der Waals surface area contributed by atoms with Crippen LogP contribution >= 0.6 is 15.9 Å². The Kier molecular flexibility index (Phi) is 4.09. The van der Waals surface area contributed by atoms with E-state index in [1.165, 1.54) is 19.3 Å². The maximum atomic E-state index is 10.3. The smallest absolute Gasteiger partial charge is 0.174 e. The van der Waals surface area contributed by atoms with Crippen molar-refractivity contribution in [3.63, 3.8) is 0 Å². The van der Waals surface area contributed by atoms with Crippen molar-refractivity contribution in [3.8, 4) is 0 Å². The van der Waals surface area contributed by atoms with Gasteiger partial charge in [-0.15, -0.1) is 0 Å². The van der Waals surface area contributed by atoms with Gasteiger partial charge in [-0.3, -0.25) is 0 Å². The lowest BCUT2D eigenvalue weighted by Crippen LogP contribution is -2.20. The summed E-state index contributed by atoms with van der Waals surface area (Å²) in [4.78, 5) is 0. The van der Waals surface area contributed by atoms with Gasteiger partial charge in [-0.25, -0.2) is 0 Å². The van der Waals surface area contributed by atoms with E-state index in [1.807, 2.05) is 6.07 Å². The molecule has 0 amide bonds. The van der Waals surface area contributed by atoms with E-state index in [9.17, 15) is 5.11 Å².